The number of ether oxygens (including phenoxy) is 1. The van der Waals surface area contributed by atoms with Gasteiger partial charge in [-0.05, 0) is 35.4 Å². The maximum Gasteiger partial charge on any atom is 0.416 e. The summed E-state index contributed by atoms with van der Waals surface area (Å²) in [5.74, 6) is -0.300. The molecule has 6 heteroatoms. The van der Waals surface area contributed by atoms with Crippen LogP contribution in [0.2, 0.25) is 0 Å². The second-order valence-electron chi connectivity index (χ2n) is 5.92. The lowest BCUT2D eigenvalue weighted by Crippen LogP contribution is -2.46. The topological polar surface area (TPSA) is 46.5 Å². The van der Waals surface area contributed by atoms with Crippen molar-refractivity contribution >= 4 is 11.9 Å². The van der Waals surface area contributed by atoms with Gasteiger partial charge in [-0.1, -0.05) is 36.4 Å². The summed E-state index contributed by atoms with van der Waals surface area (Å²) < 4.78 is 42.6. The summed E-state index contributed by atoms with van der Waals surface area (Å²) >= 11 is 0. The molecule has 0 aliphatic carbocycles. The van der Waals surface area contributed by atoms with E-state index >= 15 is 0 Å². The zero-order chi connectivity index (χ0) is 18.1. The van der Waals surface area contributed by atoms with Gasteiger partial charge in [-0.15, -0.1) is 0 Å². The van der Waals surface area contributed by atoms with Gasteiger partial charge >= 0.3 is 6.18 Å². The van der Waals surface area contributed by atoms with E-state index in [1.165, 1.54) is 24.3 Å². The Morgan fingerprint density at radius 2 is 1.80 bits per heavy atom. The quantitative estimate of drug-likeness (QED) is 0.675. The molecular formula is C19H15F3O3. The Labute approximate surface area is 142 Å². The van der Waals surface area contributed by atoms with Gasteiger partial charge in [0.2, 0.25) is 0 Å². The second kappa shape index (κ2) is 6.46. The Bertz CT molecular complexity index is 803. The zero-order valence-corrected chi connectivity index (χ0v) is 13.1. The lowest BCUT2D eigenvalue weighted by molar-refractivity contribution is -0.184. The number of halogens is 3. The molecule has 130 valence electrons. The first kappa shape index (κ1) is 17.4. The highest BCUT2D eigenvalue weighted by Gasteiger charge is 2.38. The Morgan fingerprint density at radius 1 is 1.12 bits per heavy atom. The van der Waals surface area contributed by atoms with Crippen molar-refractivity contribution in [3.63, 3.8) is 0 Å². The monoisotopic (exact) mass is 348 g/mol. The van der Waals surface area contributed by atoms with Crippen LogP contribution < -0.4 is 0 Å². The molecule has 0 unspecified atom stereocenters. The molecule has 1 N–H and O–H groups in total. The maximum absolute atomic E-state index is 12.5. The third-order valence-electron chi connectivity index (χ3n) is 4.03. The number of allylic oxidation sites excluding steroid dienone is 1. The molecule has 0 saturated carbocycles. The molecule has 0 spiro atoms. The van der Waals surface area contributed by atoms with Crippen LogP contribution in [0.15, 0.2) is 54.6 Å². The number of ketones is 1. The molecule has 1 heterocycles. The van der Waals surface area contributed by atoms with Crippen LogP contribution in [0.5, 0.6) is 0 Å². The van der Waals surface area contributed by atoms with Crippen molar-refractivity contribution in [3.05, 3.63) is 76.9 Å². The van der Waals surface area contributed by atoms with Gasteiger partial charge in [-0.2, -0.15) is 13.2 Å². The fraction of sp³-hybridized carbons (Fsp3) is 0.211. The summed E-state index contributed by atoms with van der Waals surface area (Å²) in [6.07, 6.45) is -1.64. The van der Waals surface area contributed by atoms with Crippen LogP contribution >= 0.6 is 0 Å². The number of aliphatic hydroxyl groups is 1. The average Bonchev–Trinajstić information content (AvgIpc) is 2.57. The first-order chi connectivity index (χ1) is 11.8. The normalized spacial score (nSPS) is 16.6. The van der Waals surface area contributed by atoms with Gasteiger partial charge in [0.05, 0.1) is 18.8 Å². The first-order valence-electron chi connectivity index (χ1n) is 7.58. The van der Waals surface area contributed by atoms with Gasteiger partial charge in [0.15, 0.2) is 5.78 Å². The number of alkyl halides is 3. The summed E-state index contributed by atoms with van der Waals surface area (Å²) in [6.45, 7) is 0.373. The van der Waals surface area contributed by atoms with Crippen molar-refractivity contribution in [1.82, 2.24) is 0 Å². The summed E-state index contributed by atoms with van der Waals surface area (Å²) in [5.41, 5.74) is -0.315. The molecule has 3 rings (SSSR count). The molecule has 3 nitrogen and oxygen atoms in total. The van der Waals surface area contributed by atoms with E-state index in [-0.39, 0.29) is 19.0 Å². The summed E-state index contributed by atoms with van der Waals surface area (Å²) in [5, 5.41) is 10.2. The van der Waals surface area contributed by atoms with E-state index < -0.39 is 17.3 Å². The molecule has 2 aromatic carbocycles. The predicted molar refractivity (Wildman–Crippen MR) is 86.0 cm³/mol. The third-order valence-corrected chi connectivity index (χ3v) is 4.03. The van der Waals surface area contributed by atoms with Crippen LogP contribution in [0.1, 0.15) is 27.0 Å². The molecule has 0 radical (unpaired) electrons. The van der Waals surface area contributed by atoms with Crippen molar-refractivity contribution in [3.8, 4) is 0 Å². The average molecular weight is 348 g/mol. The minimum atomic E-state index is -4.38. The number of rotatable bonds is 4. The highest BCUT2D eigenvalue weighted by molar-refractivity contribution is 6.06. The molecular weight excluding hydrogens is 333 g/mol. The van der Waals surface area contributed by atoms with Gasteiger partial charge in [-0.3, -0.25) is 4.79 Å². The van der Waals surface area contributed by atoms with E-state index in [1.807, 2.05) is 0 Å². The minimum absolute atomic E-state index is 0.187. The Kier molecular flexibility index (Phi) is 4.49. The van der Waals surface area contributed by atoms with Gasteiger partial charge in [0.1, 0.15) is 5.60 Å². The summed E-state index contributed by atoms with van der Waals surface area (Å²) in [6, 6.07) is 11.2. The Morgan fingerprint density at radius 3 is 2.36 bits per heavy atom. The first-order valence-corrected chi connectivity index (χ1v) is 7.58. The van der Waals surface area contributed by atoms with Gasteiger partial charge in [0.25, 0.3) is 0 Å². The van der Waals surface area contributed by atoms with Crippen LogP contribution in [-0.4, -0.2) is 24.1 Å². The van der Waals surface area contributed by atoms with Gasteiger partial charge in [0, 0.05) is 5.56 Å². The molecule has 1 aliphatic heterocycles. The highest BCUT2D eigenvalue weighted by atomic mass is 19.4. The molecule has 0 bridgehead atoms. The molecule has 1 aliphatic rings. The van der Waals surface area contributed by atoms with E-state index in [0.29, 0.717) is 16.7 Å². The molecule has 0 aromatic heterocycles. The van der Waals surface area contributed by atoms with Gasteiger partial charge < -0.3 is 9.84 Å². The second-order valence-corrected chi connectivity index (χ2v) is 5.92. The molecule has 1 fully saturated rings. The minimum Gasteiger partial charge on any atom is -0.380 e. The smallest absolute Gasteiger partial charge is 0.380 e. The fourth-order valence-corrected chi connectivity index (χ4v) is 2.48. The number of carbonyl (C=O) groups is 1. The van der Waals surface area contributed by atoms with E-state index in [2.05, 4.69) is 0 Å². The molecule has 2 aromatic rings. The standard InChI is InChI=1S/C19H15F3O3/c20-19(21,22)15-7-4-13(5-8-15)6-9-17(23)14-2-1-3-16(10-14)18(24)11-25-12-18/h1-10,24H,11-12H2. The van der Waals surface area contributed by atoms with Crippen molar-refractivity contribution in [2.75, 3.05) is 13.2 Å². The lowest BCUT2D eigenvalue weighted by Gasteiger charge is -2.36. The predicted octanol–water partition coefficient (Wildman–Crippen LogP) is 3.82. The molecule has 25 heavy (non-hydrogen) atoms. The third kappa shape index (κ3) is 3.81. The lowest BCUT2D eigenvalue weighted by atomic mass is 9.90. The zero-order valence-electron chi connectivity index (χ0n) is 13.1. The highest BCUT2D eigenvalue weighted by Crippen LogP contribution is 2.30. The molecule has 0 atom stereocenters. The van der Waals surface area contributed by atoms with Gasteiger partial charge in [-0.25, -0.2) is 0 Å². The summed E-state index contributed by atoms with van der Waals surface area (Å²) in [7, 11) is 0. The molecule has 0 amide bonds. The van der Waals surface area contributed by atoms with Crippen LogP contribution in [0, 0.1) is 0 Å². The Balaban J connectivity index is 1.74. The number of hydrogen-bond donors (Lipinski definition) is 1. The van der Waals surface area contributed by atoms with Crippen molar-refractivity contribution in [2.24, 2.45) is 0 Å². The number of carbonyl (C=O) groups excluding carboxylic acids is 1. The van der Waals surface area contributed by atoms with Crippen molar-refractivity contribution in [1.29, 1.82) is 0 Å². The van der Waals surface area contributed by atoms with Crippen LogP contribution in [0.25, 0.3) is 6.08 Å². The maximum atomic E-state index is 12.5. The van der Waals surface area contributed by atoms with E-state index in [4.69, 9.17) is 4.74 Å². The van der Waals surface area contributed by atoms with E-state index in [9.17, 15) is 23.1 Å². The summed E-state index contributed by atoms with van der Waals surface area (Å²) in [4.78, 5) is 12.3. The fourth-order valence-electron chi connectivity index (χ4n) is 2.48. The molecule has 1 saturated heterocycles. The number of benzene rings is 2. The van der Waals surface area contributed by atoms with Crippen LogP contribution in [-0.2, 0) is 16.5 Å². The van der Waals surface area contributed by atoms with E-state index in [0.717, 1.165) is 12.1 Å². The van der Waals surface area contributed by atoms with Crippen molar-refractivity contribution < 1.29 is 27.8 Å². The SMILES string of the molecule is O=C(C=Cc1ccc(C(F)(F)F)cc1)c1cccc(C2(O)COC2)c1. The number of hydrogen-bond acceptors (Lipinski definition) is 3. The van der Waals surface area contributed by atoms with Crippen LogP contribution in [0.4, 0.5) is 13.2 Å². The van der Waals surface area contributed by atoms with E-state index in [1.54, 1.807) is 24.3 Å². The van der Waals surface area contributed by atoms with Crippen LogP contribution in [0.3, 0.4) is 0 Å². The Hall–Kier alpha value is -2.44. The largest absolute Gasteiger partial charge is 0.416 e. The van der Waals surface area contributed by atoms with Crippen molar-refractivity contribution in [2.45, 2.75) is 11.8 Å².